The molecule has 2 fully saturated rings. The van der Waals surface area contributed by atoms with Gasteiger partial charge < -0.3 is 19.5 Å². The Morgan fingerprint density at radius 2 is 1.71 bits per heavy atom. The van der Waals surface area contributed by atoms with Gasteiger partial charge in [0.05, 0.1) is 0 Å². The molecule has 1 N–H and O–H groups in total. The number of likely N-dealkylation sites (tertiary alicyclic amines) is 2. The number of aryl methyl sites for hydroxylation is 1. The van der Waals surface area contributed by atoms with Crippen LogP contribution in [0.2, 0.25) is 0 Å². The minimum atomic E-state index is -0.0388. The Hall–Kier alpha value is -3.19. The van der Waals surface area contributed by atoms with Crippen molar-refractivity contribution in [3.63, 3.8) is 0 Å². The van der Waals surface area contributed by atoms with Crippen molar-refractivity contribution in [3.05, 3.63) is 53.6 Å². The number of hydrogen-bond donors (Lipinski definition) is 1. The number of piperidine rings is 1. The number of nitrogens with zero attached hydrogens (tertiary/aromatic N) is 3. The van der Waals surface area contributed by atoms with Crippen molar-refractivity contribution in [2.75, 3.05) is 39.3 Å². The fourth-order valence-electron chi connectivity index (χ4n) is 5.74. The van der Waals surface area contributed by atoms with Crippen molar-refractivity contribution < 1.29 is 14.0 Å². The first-order chi connectivity index (χ1) is 18.5. The molecule has 0 spiro atoms. The van der Waals surface area contributed by atoms with Gasteiger partial charge in [0, 0.05) is 43.2 Å². The highest BCUT2D eigenvalue weighted by Gasteiger charge is 2.30. The number of rotatable bonds is 7. The Kier molecular flexibility index (Phi) is 8.42. The fourth-order valence-corrected chi connectivity index (χ4v) is 5.74. The van der Waals surface area contributed by atoms with E-state index >= 15 is 0 Å². The zero-order valence-corrected chi connectivity index (χ0v) is 22.7. The summed E-state index contributed by atoms with van der Waals surface area (Å²) in [5.74, 6) is 0.977. The Morgan fingerprint density at radius 1 is 1.00 bits per heavy atom. The topological polar surface area (TPSA) is 78.7 Å². The van der Waals surface area contributed by atoms with Crippen LogP contribution in [0.15, 0.2) is 46.9 Å². The van der Waals surface area contributed by atoms with Gasteiger partial charge in [0.2, 0.25) is 11.8 Å². The van der Waals surface area contributed by atoms with Gasteiger partial charge in [0.25, 0.3) is 5.91 Å². The normalized spacial score (nSPS) is 18.3. The molecule has 3 aromatic rings. The van der Waals surface area contributed by atoms with Gasteiger partial charge in [-0.25, -0.2) is 4.98 Å². The zero-order chi connectivity index (χ0) is 26.5. The van der Waals surface area contributed by atoms with Gasteiger partial charge >= 0.3 is 0 Å². The summed E-state index contributed by atoms with van der Waals surface area (Å²) in [5, 5.41) is 3.16. The minimum Gasteiger partial charge on any atom is -0.436 e. The largest absolute Gasteiger partial charge is 0.436 e. The molecule has 202 valence electrons. The first kappa shape index (κ1) is 26.4. The quantitative estimate of drug-likeness (QED) is 0.462. The van der Waals surface area contributed by atoms with Crippen molar-refractivity contribution in [1.29, 1.82) is 0 Å². The van der Waals surface area contributed by atoms with Crippen LogP contribution in [0, 0.1) is 18.8 Å². The lowest BCUT2D eigenvalue weighted by atomic mass is 9.84. The average Bonchev–Trinajstić information content (AvgIpc) is 3.20. The van der Waals surface area contributed by atoms with Crippen LogP contribution >= 0.6 is 0 Å². The third kappa shape index (κ3) is 6.26. The van der Waals surface area contributed by atoms with Gasteiger partial charge in [-0.05, 0) is 81.9 Å². The standard InChI is InChI=1S/C31H40N4O3/c1-22-7-9-25(10-8-22)30-33-27-21-26(11-12-28(27)38-30)31(37)35-18-13-24(14-19-35)23(2)29(36)32-15-20-34-16-5-3-4-6-17-34/h7-12,21,23-24H,3-6,13-20H2,1-2H3,(H,32,36). The molecule has 1 aromatic heterocycles. The monoisotopic (exact) mass is 516 g/mol. The molecule has 0 radical (unpaired) electrons. The summed E-state index contributed by atoms with van der Waals surface area (Å²) in [6, 6.07) is 13.5. The van der Waals surface area contributed by atoms with Crippen molar-refractivity contribution in [1.82, 2.24) is 20.1 Å². The van der Waals surface area contributed by atoms with Crippen LogP contribution < -0.4 is 5.32 Å². The first-order valence-corrected chi connectivity index (χ1v) is 14.2. The van der Waals surface area contributed by atoms with Gasteiger partial charge in [-0.2, -0.15) is 0 Å². The van der Waals surface area contributed by atoms with E-state index in [4.69, 9.17) is 4.42 Å². The van der Waals surface area contributed by atoms with Crippen molar-refractivity contribution in [3.8, 4) is 11.5 Å². The second kappa shape index (κ2) is 12.1. The highest BCUT2D eigenvalue weighted by molar-refractivity contribution is 5.97. The third-order valence-corrected chi connectivity index (χ3v) is 8.31. The predicted molar refractivity (Wildman–Crippen MR) is 150 cm³/mol. The van der Waals surface area contributed by atoms with E-state index in [1.807, 2.05) is 61.2 Å². The highest BCUT2D eigenvalue weighted by atomic mass is 16.3. The molecular weight excluding hydrogens is 476 g/mol. The Labute approximate surface area is 225 Å². The number of benzene rings is 2. The molecule has 5 rings (SSSR count). The number of amides is 2. The smallest absolute Gasteiger partial charge is 0.253 e. The molecule has 2 saturated heterocycles. The molecule has 7 heteroatoms. The molecule has 3 heterocycles. The lowest BCUT2D eigenvalue weighted by molar-refractivity contribution is -0.126. The number of nitrogens with one attached hydrogen (secondary N) is 1. The van der Waals surface area contributed by atoms with Crippen LogP contribution in [0.1, 0.15) is 61.4 Å². The fraction of sp³-hybridized carbons (Fsp3) is 0.516. The first-order valence-electron chi connectivity index (χ1n) is 14.2. The number of fused-ring (bicyclic) bond motifs is 1. The number of carbonyl (C=O) groups excluding carboxylic acids is 2. The molecule has 2 amide bonds. The van der Waals surface area contributed by atoms with Gasteiger partial charge in [0.1, 0.15) is 5.52 Å². The third-order valence-electron chi connectivity index (χ3n) is 8.31. The molecule has 0 bridgehead atoms. The number of oxazole rings is 1. The van der Waals surface area contributed by atoms with E-state index in [0.29, 0.717) is 41.6 Å². The summed E-state index contributed by atoms with van der Waals surface area (Å²) >= 11 is 0. The van der Waals surface area contributed by atoms with Gasteiger partial charge in [-0.15, -0.1) is 0 Å². The predicted octanol–water partition coefficient (Wildman–Crippen LogP) is 5.28. The maximum atomic E-state index is 13.3. The molecule has 1 atom stereocenters. The summed E-state index contributed by atoms with van der Waals surface area (Å²) in [6.07, 6.45) is 6.87. The van der Waals surface area contributed by atoms with Gasteiger partial charge in [0.15, 0.2) is 5.58 Å². The molecule has 2 aliphatic heterocycles. The lowest BCUT2D eigenvalue weighted by Gasteiger charge is -2.34. The molecule has 38 heavy (non-hydrogen) atoms. The van der Waals surface area contributed by atoms with E-state index in [1.54, 1.807) is 0 Å². The van der Waals surface area contributed by atoms with Crippen LogP contribution in [0.3, 0.4) is 0 Å². The van der Waals surface area contributed by atoms with Crippen molar-refractivity contribution in [2.45, 2.75) is 52.4 Å². The summed E-state index contributed by atoms with van der Waals surface area (Å²) in [4.78, 5) is 35.1. The maximum Gasteiger partial charge on any atom is 0.253 e. The van der Waals surface area contributed by atoms with Crippen LogP contribution in [-0.4, -0.2) is 65.9 Å². The molecule has 0 aliphatic carbocycles. The summed E-state index contributed by atoms with van der Waals surface area (Å²) in [7, 11) is 0. The number of aromatic nitrogens is 1. The van der Waals surface area contributed by atoms with Gasteiger partial charge in [-0.3, -0.25) is 9.59 Å². The summed E-state index contributed by atoms with van der Waals surface area (Å²) in [6.45, 7) is 9.37. The van der Waals surface area contributed by atoms with Crippen LogP contribution in [0.25, 0.3) is 22.6 Å². The minimum absolute atomic E-state index is 0.0137. The summed E-state index contributed by atoms with van der Waals surface area (Å²) in [5.41, 5.74) is 4.08. The van der Waals surface area contributed by atoms with E-state index in [1.165, 1.54) is 31.2 Å². The van der Waals surface area contributed by atoms with Crippen LogP contribution in [-0.2, 0) is 4.79 Å². The van der Waals surface area contributed by atoms with E-state index in [9.17, 15) is 9.59 Å². The Morgan fingerprint density at radius 3 is 2.42 bits per heavy atom. The molecule has 0 saturated carbocycles. The van der Waals surface area contributed by atoms with E-state index in [2.05, 4.69) is 15.2 Å². The molecule has 2 aromatic carbocycles. The van der Waals surface area contributed by atoms with Crippen molar-refractivity contribution in [2.24, 2.45) is 11.8 Å². The highest BCUT2D eigenvalue weighted by Crippen LogP contribution is 2.28. The second-order valence-corrected chi connectivity index (χ2v) is 11.0. The number of hydrogen-bond acceptors (Lipinski definition) is 5. The Balaban J connectivity index is 1.12. The van der Waals surface area contributed by atoms with Crippen LogP contribution in [0.5, 0.6) is 0 Å². The molecular formula is C31H40N4O3. The van der Waals surface area contributed by atoms with E-state index in [0.717, 1.165) is 44.6 Å². The second-order valence-electron chi connectivity index (χ2n) is 11.0. The lowest BCUT2D eigenvalue weighted by Crippen LogP contribution is -2.43. The SMILES string of the molecule is Cc1ccc(-c2nc3cc(C(=O)N4CCC(C(C)C(=O)NCCN5CCCCCC5)CC4)ccc3o2)cc1. The average molecular weight is 517 g/mol. The molecule has 7 nitrogen and oxygen atoms in total. The van der Waals surface area contributed by atoms with E-state index in [-0.39, 0.29) is 17.7 Å². The molecule has 1 unspecified atom stereocenters. The van der Waals surface area contributed by atoms with E-state index < -0.39 is 0 Å². The molecule has 2 aliphatic rings. The summed E-state index contributed by atoms with van der Waals surface area (Å²) < 4.78 is 5.93. The number of carbonyl (C=O) groups is 2. The van der Waals surface area contributed by atoms with Gasteiger partial charge in [-0.1, -0.05) is 37.5 Å². The maximum absolute atomic E-state index is 13.3. The Bertz CT molecular complexity index is 1240. The van der Waals surface area contributed by atoms with Crippen LogP contribution in [0.4, 0.5) is 0 Å². The zero-order valence-electron chi connectivity index (χ0n) is 22.7. The van der Waals surface area contributed by atoms with Crippen molar-refractivity contribution >= 4 is 22.9 Å².